The standard InChI is InChI=1S/C33H29F5N8OS/c34-17-5-6-45(10-17)14-32(13-33(32,37)38)15-47-31-43-27-21(30(44-31)46-11-18-1-2-19(12-46)42-18)7-16(8-39)24(26(27)36)20-3-4-23(35)28-25(20)22(9-40)29(41)48-28/h3-4,7,17-19,42H,1-2,5-6,10-15,41H2/t17-,18?,19?,32?/m1/s1. The number of rotatable bonds is 7. The van der Waals surface area contributed by atoms with Gasteiger partial charge in [0.25, 0.3) is 5.92 Å². The van der Waals surface area contributed by atoms with Crippen molar-refractivity contribution in [2.45, 2.75) is 49.9 Å². The van der Waals surface area contributed by atoms with Crippen molar-refractivity contribution >= 4 is 43.1 Å². The number of benzene rings is 2. The van der Waals surface area contributed by atoms with Crippen LogP contribution in [-0.2, 0) is 0 Å². The van der Waals surface area contributed by atoms with Crippen LogP contribution in [0, 0.1) is 39.7 Å². The molecule has 0 radical (unpaired) electrons. The number of aromatic nitrogens is 2. The van der Waals surface area contributed by atoms with Crippen LogP contribution in [-0.4, -0.2) is 78.4 Å². The number of piperazine rings is 1. The molecule has 1 saturated carbocycles. The number of nitriles is 2. The molecule has 2 bridgehead atoms. The van der Waals surface area contributed by atoms with Gasteiger partial charge in [0, 0.05) is 67.6 Å². The van der Waals surface area contributed by atoms with Crippen molar-refractivity contribution in [3.8, 4) is 29.3 Å². The molecule has 9 nitrogen and oxygen atoms in total. The topological polar surface area (TPSA) is 127 Å². The van der Waals surface area contributed by atoms with Crippen LogP contribution in [0.25, 0.3) is 32.1 Å². The number of hydrogen-bond acceptors (Lipinski definition) is 10. The smallest absolute Gasteiger partial charge is 0.319 e. The van der Waals surface area contributed by atoms with E-state index in [-0.39, 0.29) is 85.8 Å². The molecule has 3 N–H and O–H groups in total. The van der Waals surface area contributed by atoms with Crippen LogP contribution in [0.15, 0.2) is 18.2 Å². The van der Waals surface area contributed by atoms with Gasteiger partial charge in [-0.2, -0.15) is 20.5 Å². The van der Waals surface area contributed by atoms with Gasteiger partial charge in [0.15, 0.2) is 5.82 Å². The molecule has 1 aliphatic carbocycles. The van der Waals surface area contributed by atoms with Gasteiger partial charge < -0.3 is 20.7 Å². The van der Waals surface area contributed by atoms with Crippen molar-refractivity contribution in [3.63, 3.8) is 0 Å². The summed E-state index contributed by atoms with van der Waals surface area (Å²) in [7, 11) is 0. The average Bonchev–Trinajstić information content (AvgIpc) is 3.44. The van der Waals surface area contributed by atoms with E-state index in [2.05, 4.69) is 15.3 Å². The molecule has 48 heavy (non-hydrogen) atoms. The Bertz CT molecular complexity index is 2070. The Morgan fingerprint density at radius 1 is 1.08 bits per heavy atom. The van der Waals surface area contributed by atoms with Gasteiger partial charge in [0.05, 0.1) is 27.3 Å². The number of nitrogen functional groups attached to an aromatic ring is 1. The van der Waals surface area contributed by atoms with E-state index in [1.165, 1.54) is 12.1 Å². The molecular formula is C33H29F5N8OS. The molecule has 3 aliphatic heterocycles. The molecule has 15 heteroatoms. The third kappa shape index (κ3) is 4.90. The molecule has 248 valence electrons. The van der Waals surface area contributed by atoms with E-state index in [4.69, 9.17) is 10.5 Å². The SMILES string of the molecule is N#Cc1cc2c(N3CC4CCC(C3)N4)nc(OCC3(CN4CC[C@@H](F)C4)CC3(F)F)nc2c(F)c1-c1ccc(F)c2sc(N)c(C#N)c12. The van der Waals surface area contributed by atoms with E-state index in [0.29, 0.717) is 25.5 Å². The van der Waals surface area contributed by atoms with Crippen molar-refractivity contribution in [3.05, 3.63) is 41.0 Å². The number of alkyl halides is 3. The number of nitrogens with zero attached hydrogens (tertiary/aromatic N) is 6. The quantitative estimate of drug-likeness (QED) is 0.243. The first-order chi connectivity index (χ1) is 23.0. The number of ether oxygens (including phenoxy) is 1. The molecule has 8 rings (SSSR count). The maximum absolute atomic E-state index is 17.0. The number of fused-ring (bicyclic) bond motifs is 4. The third-order valence-electron chi connectivity index (χ3n) is 10.2. The molecule has 2 aromatic carbocycles. The van der Waals surface area contributed by atoms with E-state index >= 15 is 4.39 Å². The van der Waals surface area contributed by atoms with Gasteiger partial charge in [-0.05, 0) is 37.0 Å². The number of likely N-dealkylation sites (tertiary alicyclic amines) is 1. The monoisotopic (exact) mass is 680 g/mol. The van der Waals surface area contributed by atoms with Crippen LogP contribution < -0.4 is 20.7 Å². The molecule has 4 aliphatic rings. The summed E-state index contributed by atoms with van der Waals surface area (Å²) in [5, 5.41) is 24.0. The number of halogens is 5. The molecule has 5 heterocycles. The molecule has 3 unspecified atom stereocenters. The van der Waals surface area contributed by atoms with Crippen molar-refractivity contribution in [2.75, 3.05) is 50.0 Å². The first-order valence-electron chi connectivity index (χ1n) is 15.7. The van der Waals surface area contributed by atoms with Gasteiger partial charge in [0.2, 0.25) is 0 Å². The summed E-state index contributed by atoms with van der Waals surface area (Å²) in [6, 6.07) is 7.90. The molecular weight excluding hydrogens is 651 g/mol. The number of hydrogen-bond donors (Lipinski definition) is 2. The summed E-state index contributed by atoms with van der Waals surface area (Å²) in [4.78, 5) is 12.6. The number of anilines is 2. The average molecular weight is 681 g/mol. The Hall–Kier alpha value is -4.31. The fraction of sp³-hybridized carbons (Fsp3) is 0.455. The fourth-order valence-electron chi connectivity index (χ4n) is 7.64. The van der Waals surface area contributed by atoms with Crippen molar-refractivity contribution < 1.29 is 26.7 Å². The Morgan fingerprint density at radius 2 is 1.83 bits per heavy atom. The predicted octanol–water partition coefficient (Wildman–Crippen LogP) is 5.50. The lowest BCUT2D eigenvalue weighted by molar-refractivity contribution is 0.0246. The molecule has 0 spiro atoms. The summed E-state index contributed by atoms with van der Waals surface area (Å²) in [6.07, 6.45) is 0.657. The molecule has 4 fully saturated rings. The number of nitrogens with two attached hydrogens (primary N) is 1. The Morgan fingerprint density at radius 3 is 2.48 bits per heavy atom. The van der Waals surface area contributed by atoms with E-state index in [9.17, 15) is 28.1 Å². The highest BCUT2D eigenvalue weighted by atomic mass is 32.1. The summed E-state index contributed by atoms with van der Waals surface area (Å²) < 4.78 is 81.3. The molecule has 0 amide bonds. The number of nitrogens with one attached hydrogen (secondary N) is 1. The Kier molecular flexibility index (Phi) is 7.18. The van der Waals surface area contributed by atoms with Crippen molar-refractivity contribution in [2.24, 2.45) is 5.41 Å². The zero-order valence-corrected chi connectivity index (χ0v) is 26.3. The van der Waals surface area contributed by atoms with Gasteiger partial charge in [-0.25, -0.2) is 22.0 Å². The lowest BCUT2D eigenvalue weighted by Crippen LogP contribution is -2.51. The van der Waals surface area contributed by atoms with Crippen LogP contribution in [0.4, 0.5) is 32.8 Å². The minimum atomic E-state index is -3.03. The van der Waals surface area contributed by atoms with E-state index in [1.54, 1.807) is 4.90 Å². The maximum atomic E-state index is 17.0. The van der Waals surface area contributed by atoms with Crippen LogP contribution in [0.2, 0.25) is 0 Å². The van der Waals surface area contributed by atoms with Gasteiger partial charge in [-0.15, -0.1) is 11.3 Å². The minimum absolute atomic E-state index is 0.0377. The summed E-state index contributed by atoms with van der Waals surface area (Å²) >= 11 is 0.849. The highest BCUT2D eigenvalue weighted by Gasteiger charge is 2.72. The second kappa shape index (κ2) is 11.1. The van der Waals surface area contributed by atoms with Crippen LogP contribution in [0.1, 0.15) is 36.8 Å². The third-order valence-corrected chi connectivity index (χ3v) is 11.2. The maximum Gasteiger partial charge on any atom is 0.319 e. The van der Waals surface area contributed by atoms with Gasteiger partial charge in [-0.1, -0.05) is 6.07 Å². The largest absolute Gasteiger partial charge is 0.463 e. The molecule has 3 saturated heterocycles. The van der Waals surface area contributed by atoms with E-state index in [1.807, 2.05) is 17.0 Å². The Labute approximate surface area is 275 Å². The highest BCUT2D eigenvalue weighted by molar-refractivity contribution is 7.23. The molecule has 4 atom stereocenters. The Balaban J connectivity index is 1.26. The van der Waals surface area contributed by atoms with Crippen LogP contribution in [0.3, 0.4) is 0 Å². The van der Waals surface area contributed by atoms with E-state index < -0.39 is 42.2 Å². The van der Waals surface area contributed by atoms with Gasteiger partial charge >= 0.3 is 6.01 Å². The van der Waals surface area contributed by atoms with Gasteiger partial charge in [0.1, 0.15) is 41.0 Å². The van der Waals surface area contributed by atoms with E-state index in [0.717, 1.165) is 30.2 Å². The van der Waals surface area contributed by atoms with Gasteiger partial charge in [-0.3, -0.25) is 4.90 Å². The predicted molar refractivity (Wildman–Crippen MR) is 170 cm³/mol. The highest BCUT2D eigenvalue weighted by Crippen LogP contribution is 2.61. The molecule has 2 aromatic heterocycles. The lowest BCUT2D eigenvalue weighted by Gasteiger charge is -2.34. The zero-order chi connectivity index (χ0) is 33.5. The van der Waals surface area contributed by atoms with Crippen LogP contribution >= 0.6 is 11.3 Å². The number of thiophene rings is 1. The normalized spacial score (nSPS) is 26.2. The first kappa shape index (κ1) is 31.0. The minimum Gasteiger partial charge on any atom is -0.463 e. The van der Waals surface area contributed by atoms with Crippen molar-refractivity contribution in [1.29, 1.82) is 10.5 Å². The van der Waals surface area contributed by atoms with Crippen molar-refractivity contribution in [1.82, 2.24) is 20.2 Å². The molecule has 4 aromatic rings. The lowest BCUT2D eigenvalue weighted by atomic mass is 9.93. The summed E-state index contributed by atoms with van der Waals surface area (Å²) in [6.45, 7) is 0.997. The summed E-state index contributed by atoms with van der Waals surface area (Å²) in [5.74, 6) is -4.32. The zero-order valence-electron chi connectivity index (χ0n) is 25.5. The first-order valence-corrected chi connectivity index (χ1v) is 16.6. The summed E-state index contributed by atoms with van der Waals surface area (Å²) in [5.41, 5.74) is 3.99. The second-order valence-electron chi connectivity index (χ2n) is 13.3. The fourth-order valence-corrected chi connectivity index (χ4v) is 8.59. The van der Waals surface area contributed by atoms with Crippen LogP contribution in [0.5, 0.6) is 6.01 Å². The second-order valence-corrected chi connectivity index (χ2v) is 14.4.